The molecule has 0 saturated heterocycles. The van der Waals surface area contributed by atoms with Crippen molar-refractivity contribution >= 4 is 31.1 Å². The van der Waals surface area contributed by atoms with Gasteiger partial charge in [0.2, 0.25) is 0 Å². The first-order valence-electron chi connectivity index (χ1n) is 3.30. The molecule has 0 nitrogen and oxygen atoms in total. The molecule has 0 amide bonds. The molecule has 0 radical (unpaired) electrons. The monoisotopic (exact) mass is 228 g/mol. The van der Waals surface area contributed by atoms with Crippen molar-refractivity contribution < 1.29 is 17.0 Å². The van der Waals surface area contributed by atoms with Crippen molar-refractivity contribution in [3.05, 3.63) is 11.8 Å². The van der Waals surface area contributed by atoms with Crippen molar-refractivity contribution in [2.45, 2.75) is 32.0 Å². The summed E-state index contributed by atoms with van der Waals surface area (Å²) in [5.41, 5.74) is 3.47. The molecule has 0 bridgehead atoms. The van der Waals surface area contributed by atoms with E-state index < -0.39 is 8.07 Å². The maximum absolute atomic E-state index is 3.47. The molecule has 0 atom stereocenters. The fraction of sp³-hybridized carbons (Fsp3) is 0.714. The molecule has 1 aliphatic rings. The molecule has 0 N–H and O–H groups in total. The third-order valence-corrected chi connectivity index (χ3v) is 4.23. The Bertz CT molecular complexity index is 112. The van der Waals surface area contributed by atoms with Crippen LogP contribution in [-0.4, -0.2) is 31.1 Å². The van der Waals surface area contributed by atoms with E-state index in [1.165, 1.54) is 18.9 Å². The van der Waals surface area contributed by atoms with Gasteiger partial charge in [-0.25, -0.2) is 0 Å². The molecule has 0 aromatic rings. The standard InChI is InChI=1S/C7H13Si.BrH.Mg/c1-8(2)6-4-3-5-7-8;;/h4H,3,5,7H2,1-2H3;1H;/q-1;;+2/p-1. The minimum atomic E-state index is -0.896. The van der Waals surface area contributed by atoms with Gasteiger partial charge in [-0.15, -0.1) is 8.07 Å². The molecule has 0 aromatic heterocycles. The fourth-order valence-electron chi connectivity index (χ4n) is 1.07. The first-order chi connectivity index (χ1) is 3.71. The second-order valence-electron chi connectivity index (χ2n) is 3.12. The van der Waals surface area contributed by atoms with Gasteiger partial charge in [-0.3, -0.25) is 6.08 Å². The Morgan fingerprint density at radius 2 is 2.00 bits per heavy atom. The first kappa shape index (κ1) is 13.8. The molecular formula is C7H13BrMgSi. The van der Waals surface area contributed by atoms with Crippen LogP contribution in [-0.2, 0) is 0 Å². The van der Waals surface area contributed by atoms with Crippen molar-refractivity contribution in [3.63, 3.8) is 0 Å². The summed E-state index contributed by atoms with van der Waals surface area (Å²) in [5, 5.41) is 0. The van der Waals surface area contributed by atoms with Gasteiger partial charge < -0.3 is 22.7 Å². The van der Waals surface area contributed by atoms with Crippen LogP contribution in [0.25, 0.3) is 0 Å². The summed E-state index contributed by atoms with van der Waals surface area (Å²) in [6.07, 6.45) is 4.92. The molecule has 54 valence electrons. The minimum absolute atomic E-state index is 0. The fourth-order valence-corrected chi connectivity index (χ4v) is 3.00. The SMILES string of the molecule is C[Si]1(C)[C-]=CCCC1.[Br-].[Mg+2]. The van der Waals surface area contributed by atoms with Crippen LogP contribution in [0, 0.1) is 5.70 Å². The Morgan fingerprint density at radius 3 is 2.20 bits per heavy atom. The number of hydrogen-bond donors (Lipinski definition) is 0. The number of halogens is 1. The quantitative estimate of drug-likeness (QED) is 0.370. The number of hydrogen-bond acceptors (Lipinski definition) is 0. The second kappa shape index (κ2) is 5.80. The van der Waals surface area contributed by atoms with E-state index in [1.54, 1.807) is 0 Å². The predicted molar refractivity (Wildman–Crippen MR) is 45.1 cm³/mol. The van der Waals surface area contributed by atoms with E-state index in [9.17, 15) is 0 Å². The van der Waals surface area contributed by atoms with Gasteiger partial charge in [0.15, 0.2) is 0 Å². The smallest absolute Gasteiger partial charge is 1.00 e. The molecule has 1 heterocycles. The van der Waals surface area contributed by atoms with Gasteiger partial charge in [0, 0.05) is 0 Å². The molecular weight excluding hydrogens is 216 g/mol. The molecule has 0 aliphatic carbocycles. The van der Waals surface area contributed by atoms with E-state index in [0.29, 0.717) is 0 Å². The topological polar surface area (TPSA) is 0 Å². The number of rotatable bonds is 0. The average molecular weight is 229 g/mol. The van der Waals surface area contributed by atoms with Gasteiger partial charge >= 0.3 is 23.1 Å². The molecule has 0 fully saturated rings. The molecule has 10 heavy (non-hydrogen) atoms. The number of allylic oxidation sites excluding steroid dienone is 1. The molecule has 3 heteroatoms. The van der Waals surface area contributed by atoms with Crippen molar-refractivity contribution in [2.75, 3.05) is 0 Å². The normalized spacial score (nSPS) is 20.6. The third-order valence-electron chi connectivity index (χ3n) is 1.64. The van der Waals surface area contributed by atoms with Crippen LogP contribution in [0.3, 0.4) is 0 Å². The average Bonchev–Trinajstić information content (AvgIpc) is 1.65. The summed E-state index contributed by atoms with van der Waals surface area (Å²) in [4.78, 5) is 0. The van der Waals surface area contributed by atoms with Crippen LogP contribution in [0.1, 0.15) is 12.8 Å². The summed E-state index contributed by atoms with van der Waals surface area (Å²) in [5.74, 6) is 0. The van der Waals surface area contributed by atoms with Gasteiger partial charge in [0.1, 0.15) is 0 Å². The zero-order valence-electron chi connectivity index (χ0n) is 6.78. The zero-order valence-corrected chi connectivity index (χ0v) is 10.8. The van der Waals surface area contributed by atoms with Crippen molar-refractivity contribution in [3.8, 4) is 0 Å². The van der Waals surface area contributed by atoms with Gasteiger partial charge in [-0.1, -0.05) is 32.0 Å². The molecule has 1 aliphatic heterocycles. The summed E-state index contributed by atoms with van der Waals surface area (Å²) in [6.45, 7) is 4.76. The second-order valence-corrected chi connectivity index (χ2v) is 7.68. The maximum Gasteiger partial charge on any atom is 2.00 e. The van der Waals surface area contributed by atoms with E-state index in [1.807, 2.05) is 0 Å². The van der Waals surface area contributed by atoms with E-state index >= 15 is 0 Å². The van der Waals surface area contributed by atoms with Crippen LogP contribution in [0.15, 0.2) is 6.08 Å². The Balaban J connectivity index is 0. The Kier molecular flexibility index (Phi) is 7.99. The summed E-state index contributed by atoms with van der Waals surface area (Å²) in [7, 11) is -0.896. The largest absolute Gasteiger partial charge is 2.00 e. The Hall–Kier alpha value is 1.20. The van der Waals surface area contributed by atoms with Crippen LogP contribution >= 0.6 is 0 Å². The van der Waals surface area contributed by atoms with E-state index in [4.69, 9.17) is 0 Å². The molecule has 0 unspecified atom stereocenters. The van der Waals surface area contributed by atoms with E-state index in [2.05, 4.69) is 24.9 Å². The third kappa shape index (κ3) is 4.93. The predicted octanol–water partition coefficient (Wildman–Crippen LogP) is -0.990. The van der Waals surface area contributed by atoms with Crippen molar-refractivity contribution in [2.24, 2.45) is 0 Å². The molecule has 0 aromatic carbocycles. The van der Waals surface area contributed by atoms with Crippen LogP contribution in [0.5, 0.6) is 0 Å². The van der Waals surface area contributed by atoms with Crippen molar-refractivity contribution in [1.29, 1.82) is 0 Å². The van der Waals surface area contributed by atoms with Gasteiger partial charge in [-0.05, 0) is 0 Å². The van der Waals surface area contributed by atoms with Crippen LogP contribution in [0.2, 0.25) is 19.1 Å². The van der Waals surface area contributed by atoms with E-state index in [0.717, 1.165) is 0 Å². The summed E-state index contributed by atoms with van der Waals surface area (Å²) < 4.78 is 0. The van der Waals surface area contributed by atoms with E-state index in [-0.39, 0.29) is 40.0 Å². The van der Waals surface area contributed by atoms with Gasteiger partial charge in [0.05, 0.1) is 0 Å². The summed E-state index contributed by atoms with van der Waals surface area (Å²) in [6, 6.07) is 1.45. The molecule has 1 rings (SSSR count). The van der Waals surface area contributed by atoms with Crippen molar-refractivity contribution in [1.82, 2.24) is 0 Å². The van der Waals surface area contributed by atoms with Crippen LogP contribution in [0.4, 0.5) is 0 Å². The molecule has 0 spiro atoms. The maximum atomic E-state index is 3.47. The Morgan fingerprint density at radius 1 is 1.40 bits per heavy atom. The minimum Gasteiger partial charge on any atom is -1.00 e. The first-order valence-corrected chi connectivity index (χ1v) is 6.51. The zero-order chi connectivity index (χ0) is 6.04. The van der Waals surface area contributed by atoms with Gasteiger partial charge in [-0.2, -0.15) is 0 Å². The Labute approximate surface area is 91.4 Å². The summed E-state index contributed by atoms with van der Waals surface area (Å²) >= 11 is 0. The molecule has 0 saturated carbocycles. The van der Waals surface area contributed by atoms with Crippen LogP contribution < -0.4 is 17.0 Å². The van der Waals surface area contributed by atoms with Gasteiger partial charge in [0.25, 0.3) is 0 Å².